The number of methoxy groups -OCH3 is 1. The topological polar surface area (TPSA) is 47.6 Å². The summed E-state index contributed by atoms with van der Waals surface area (Å²) in [4.78, 5) is 11.9. The number of esters is 1. The van der Waals surface area contributed by atoms with Gasteiger partial charge in [-0.3, -0.25) is 4.79 Å². The van der Waals surface area contributed by atoms with Crippen molar-refractivity contribution >= 4 is 5.97 Å². The maximum absolute atomic E-state index is 11.9. The second-order valence-corrected chi connectivity index (χ2v) is 5.32. The summed E-state index contributed by atoms with van der Waals surface area (Å²) in [5.74, 6) is 0.624. The van der Waals surface area contributed by atoms with Crippen molar-refractivity contribution in [1.29, 1.82) is 0 Å². The van der Waals surface area contributed by atoms with Crippen LogP contribution < -0.4 is 5.32 Å². The van der Waals surface area contributed by atoms with E-state index in [2.05, 4.69) is 5.32 Å². The van der Waals surface area contributed by atoms with Crippen molar-refractivity contribution in [2.45, 2.75) is 50.2 Å². The van der Waals surface area contributed by atoms with E-state index >= 15 is 0 Å². The summed E-state index contributed by atoms with van der Waals surface area (Å²) in [6.45, 7) is 0.867. The fourth-order valence-corrected chi connectivity index (χ4v) is 2.63. The lowest BCUT2D eigenvalue weighted by molar-refractivity contribution is -0.152. The largest absolute Gasteiger partial charge is 0.468 e. The second-order valence-electron chi connectivity index (χ2n) is 5.32. The number of hydrogen-bond acceptors (Lipinski definition) is 4. The molecule has 1 N–H and O–H groups in total. The summed E-state index contributed by atoms with van der Waals surface area (Å²) >= 11 is 0. The molecule has 0 aromatic heterocycles. The molecule has 0 radical (unpaired) electrons. The van der Waals surface area contributed by atoms with Crippen LogP contribution in [0.25, 0.3) is 0 Å². The molecule has 2 fully saturated rings. The molecule has 0 bridgehead atoms. The van der Waals surface area contributed by atoms with E-state index in [1.165, 1.54) is 20.0 Å². The molecule has 4 nitrogen and oxygen atoms in total. The summed E-state index contributed by atoms with van der Waals surface area (Å²) < 4.78 is 10.8. The summed E-state index contributed by atoms with van der Waals surface area (Å²) in [5, 5.41) is 3.15. The molecule has 0 saturated heterocycles. The molecule has 0 amide bonds. The average Bonchev–Trinajstić information content (AvgIpc) is 3.19. The molecule has 2 saturated carbocycles. The van der Waals surface area contributed by atoms with Crippen LogP contribution in [0.2, 0.25) is 0 Å². The average molecular weight is 241 g/mol. The first kappa shape index (κ1) is 12.8. The Bertz CT molecular complexity index is 278. The van der Waals surface area contributed by atoms with Crippen LogP contribution in [0.1, 0.15) is 38.5 Å². The highest BCUT2D eigenvalue weighted by atomic mass is 16.5. The predicted octanol–water partition coefficient (Wildman–Crippen LogP) is 1.49. The Labute approximate surface area is 103 Å². The van der Waals surface area contributed by atoms with Crippen molar-refractivity contribution in [1.82, 2.24) is 5.32 Å². The Morgan fingerprint density at radius 3 is 2.76 bits per heavy atom. The van der Waals surface area contributed by atoms with E-state index in [0.29, 0.717) is 0 Å². The highest BCUT2D eigenvalue weighted by molar-refractivity contribution is 5.80. The van der Waals surface area contributed by atoms with Crippen molar-refractivity contribution < 1.29 is 14.3 Å². The van der Waals surface area contributed by atoms with Gasteiger partial charge in [0.15, 0.2) is 0 Å². The number of carbonyl (C=O) groups is 1. The Morgan fingerprint density at radius 1 is 1.41 bits per heavy atom. The van der Waals surface area contributed by atoms with Crippen LogP contribution >= 0.6 is 0 Å². The number of ether oxygens (including phenoxy) is 2. The predicted molar refractivity (Wildman–Crippen MR) is 64.7 cm³/mol. The van der Waals surface area contributed by atoms with Crippen LogP contribution in [0.15, 0.2) is 0 Å². The minimum atomic E-state index is -0.527. The molecule has 2 atom stereocenters. The lowest BCUT2D eigenvalue weighted by Crippen LogP contribution is -2.55. The molecule has 0 aromatic rings. The van der Waals surface area contributed by atoms with Gasteiger partial charge < -0.3 is 14.8 Å². The summed E-state index contributed by atoms with van der Waals surface area (Å²) in [6.07, 6.45) is 6.48. The summed E-state index contributed by atoms with van der Waals surface area (Å²) in [7, 11) is 3.29. The third-order valence-corrected chi connectivity index (χ3v) is 4.03. The Kier molecular flexibility index (Phi) is 4.05. The third kappa shape index (κ3) is 2.99. The van der Waals surface area contributed by atoms with Gasteiger partial charge in [-0.2, -0.15) is 0 Å². The molecular formula is C13H23NO3. The lowest BCUT2D eigenvalue weighted by atomic mass is 9.80. The first-order valence-corrected chi connectivity index (χ1v) is 6.59. The van der Waals surface area contributed by atoms with Gasteiger partial charge in [0.25, 0.3) is 0 Å². The number of hydrogen-bond donors (Lipinski definition) is 1. The Morgan fingerprint density at radius 2 is 2.18 bits per heavy atom. The first-order chi connectivity index (χ1) is 8.20. The van der Waals surface area contributed by atoms with E-state index in [1.807, 2.05) is 7.05 Å². The van der Waals surface area contributed by atoms with E-state index in [9.17, 15) is 4.79 Å². The molecular weight excluding hydrogens is 218 g/mol. The number of likely N-dealkylation sites (N-methyl/N-ethyl adjacent to an activating group) is 1. The van der Waals surface area contributed by atoms with Crippen LogP contribution in [-0.2, 0) is 14.3 Å². The maximum atomic E-state index is 11.9. The van der Waals surface area contributed by atoms with E-state index in [1.54, 1.807) is 0 Å². The molecule has 0 spiro atoms. The molecule has 0 aromatic carbocycles. The van der Waals surface area contributed by atoms with Gasteiger partial charge in [0.1, 0.15) is 5.54 Å². The SMILES string of the molecule is CNC1(C(=O)OC)CCCC(OCC2CC2)C1. The first-order valence-electron chi connectivity index (χ1n) is 6.59. The van der Waals surface area contributed by atoms with Gasteiger partial charge in [-0.25, -0.2) is 0 Å². The van der Waals surface area contributed by atoms with Crippen LogP contribution in [0.5, 0.6) is 0 Å². The van der Waals surface area contributed by atoms with Crippen molar-refractivity contribution in [3.63, 3.8) is 0 Å². The molecule has 0 aliphatic heterocycles. The highest BCUT2D eigenvalue weighted by Crippen LogP contribution is 2.34. The zero-order valence-electron chi connectivity index (χ0n) is 10.8. The minimum Gasteiger partial charge on any atom is -0.468 e. The summed E-state index contributed by atoms with van der Waals surface area (Å²) in [5.41, 5.74) is -0.527. The van der Waals surface area contributed by atoms with Gasteiger partial charge in [0.05, 0.1) is 13.2 Å². The van der Waals surface area contributed by atoms with Crippen molar-refractivity contribution in [3.05, 3.63) is 0 Å². The third-order valence-electron chi connectivity index (χ3n) is 4.03. The minimum absolute atomic E-state index is 0.153. The standard InChI is InChI=1S/C13H23NO3/c1-14-13(12(15)16-2)7-3-4-11(8-13)17-9-10-5-6-10/h10-11,14H,3-9H2,1-2H3. The molecule has 2 rings (SSSR count). The zero-order chi connectivity index (χ0) is 12.3. The van der Waals surface area contributed by atoms with E-state index < -0.39 is 5.54 Å². The van der Waals surface area contributed by atoms with Crippen molar-refractivity contribution in [2.75, 3.05) is 20.8 Å². The lowest BCUT2D eigenvalue weighted by Gasteiger charge is -2.38. The molecule has 2 unspecified atom stereocenters. The molecule has 98 valence electrons. The van der Waals surface area contributed by atoms with Crippen LogP contribution in [-0.4, -0.2) is 38.4 Å². The maximum Gasteiger partial charge on any atom is 0.326 e. The molecule has 0 heterocycles. The molecule has 4 heteroatoms. The number of carbonyl (C=O) groups excluding carboxylic acids is 1. The van der Waals surface area contributed by atoms with Crippen molar-refractivity contribution in [2.24, 2.45) is 5.92 Å². The van der Waals surface area contributed by atoms with Gasteiger partial charge in [0.2, 0.25) is 0 Å². The smallest absolute Gasteiger partial charge is 0.326 e. The monoisotopic (exact) mass is 241 g/mol. The van der Waals surface area contributed by atoms with Gasteiger partial charge in [0, 0.05) is 13.0 Å². The van der Waals surface area contributed by atoms with Crippen LogP contribution in [0, 0.1) is 5.92 Å². The van der Waals surface area contributed by atoms with Crippen molar-refractivity contribution in [3.8, 4) is 0 Å². The van der Waals surface area contributed by atoms with Gasteiger partial charge in [-0.05, 0) is 45.1 Å². The van der Waals surface area contributed by atoms with E-state index in [0.717, 1.165) is 38.2 Å². The normalized spacial score (nSPS) is 33.4. The Balaban J connectivity index is 1.90. The fraction of sp³-hybridized carbons (Fsp3) is 0.923. The molecule has 2 aliphatic rings. The zero-order valence-corrected chi connectivity index (χ0v) is 10.8. The van der Waals surface area contributed by atoms with Gasteiger partial charge >= 0.3 is 5.97 Å². The van der Waals surface area contributed by atoms with Gasteiger partial charge in [-0.1, -0.05) is 0 Å². The van der Waals surface area contributed by atoms with E-state index in [-0.39, 0.29) is 12.1 Å². The number of rotatable bonds is 5. The fourth-order valence-electron chi connectivity index (χ4n) is 2.63. The second kappa shape index (κ2) is 5.36. The van der Waals surface area contributed by atoms with Crippen LogP contribution in [0.3, 0.4) is 0 Å². The quantitative estimate of drug-likeness (QED) is 0.741. The van der Waals surface area contributed by atoms with Crippen LogP contribution in [0.4, 0.5) is 0 Å². The number of nitrogens with one attached hydrogen (secondary N) is 1. The van der Waals surface area contributed by atoms with E-state index in [4.69, 9.17) is 9.47 Å². The highest BCUT2D eigenvalue weighted by Gasteiger charge is 2.43. The summed E-state index contributed by atoms with van der Waals surface area (Å²) in [6, 6.07) is 0. The van der Waals surface area contributed by atoms with Gasteiger partial charge in [-0.15, -0.1) is 0 Å². The molecule has 2 aliphatic carbocycles. The Hall–Kier alpha value is -0.610. The molecule has 17 heavy (non-hydrogen) atoms.